The Morgan fingerprint density at radius 1 is 1.46 bits per heavy atom. The van der Waals surface area contributed by atoms with Crippen LogP contribution in [0.1, 0.15) is 17.5 Å². The van der Waals surface area contributed by atoms with Crippen molar-refractivity contribution < 1.29 is 4.42 Å². The Hall–Kier alpha value is -1.37. The smallest absolute Gasteiger partial charge is 0.290 e. The Morgan fingerprint density at radius 3 is 2.92 bits per heavy atom. The fraction of sp³-hybridized carbons (Fsp3) is 0.250. The molecule has 0 amide bonds. The minimum absolute atomic E-state index is 0.988. The minimum atomic E-state index is 0.988. The van der Waals surface area contributed by atoms with Gasteiger partial charge < -0.3 is 4.42 Å². The molecule has 0 saturated heterocycles. The van der Waals surface area contributed by atoms with Crippen LogP contribution >= 0.6 is 0 Å². The summed E-state index contributed by atoms with van der Waals surface area (Å²) in [6.07, 6.45) is 6.76. The van der Waals surface area contributed by atoms with Gasteiger partial charge in [-0.15, -0.1) is 24.3 Å². The molecule has 13 heavy (non-hydrogen) atoms. The summed E-state index contributed by atoms with van der Waals surface area (Å²) >= 11 is 0. The molecule has 0 heterocycles. The van der Waals surface area contributed by atoms with E-state index in [1.165, 1.54) is 5.56 Å². The molecular weight excluding hydrogens is 160 g/mol. The average molecular weight is 174 g/mol. The molecule has 1 heteroatoms. The first-order chi connectivity index (χ1) is 6.38. The second-order valence-electron chi connectivity index (χ2n) is 2.79. The first-order valence-corrected chi connectivity index (χ1v) is 4.36. The molecule has 0 aliphatic heterocycles. The zero-order chi connectivity index (χ0) is 9.52. The number of benzene rings is 1. The van der Waals surface area contributed by atoms with Crippen molar-refractivity contribution in [2.75, 3.05) is 7.11 Å². The molecule has 0 fully saturated rings. The van der Waals surface area contributed by atoms with Crippen LogP contribution in [0.3, 0.4) is 0 Å². The van der Waals surface area contributed by atoms with E-state index in [1.807, 2.05) is 24.3 Å². The van der Waals surface area contributed by atoms with E-state index in [9.17, 15) is 0 Å². The number of aryl methyl sites for hydroxylation is 1. The molecule has 1 aromatic carbocycles. The summed E-state index contributed by atoms with van der Waals surface area (Å²) in [7, 11) is 1.62. The first kappa shape index (κ1) is 9.72. The van der Waals surface area contributed by atoms with Crippen molar-refractivity contribution in [3.8, 4) is 0 Å². The second kappa shape index (κ2) is 5.31. The largest absolute Gasteiger partial charge is 0.319 e. The number of allylic oxidation sites excluding steroid dienone is 1. The molecular formula is C12H14O. The molecule has 0 bridgehead atoms. The van der Waals surface area contributed by atoms with Gasteiger partial charge in [-0.3, -0.25) is 0 Å². The van der Waals surface area contributed by atoms with Gasteiger partial charge in [-0.2, -0.15) is 6.07 Å². The molecule has 0 spiro atoms. The molecule has 0 aromatic heterocycles. The number of hydrogen-bond donors (Lipinski definition) is 0. The maximum absolute atomic E-state index is 4.87. The van der Waals surface area contributed by atoms with Crippen LogP contribution < -0.4 is 0 Å². The number of carbonyl (C=O) groups excluding carboxylic acids is 1. The highest BCUT2D eigenvalue weighted by Gasteiger charge is 1.93. The van der Waals surface area contributed by atoms with E-state index < -0.39 is 0 Å². The third kappa shape index (κ3) is 2.86. The van der Waals surface area contributed by atoms with Crippen molar-refractivity contribution in [3.63, 3.8) is 0 Å². The van der Waals surface area contributed by atoms with Gasteiger partial charge in [0.2, 0.25) is 7.11 Å². The van der Waals surface area contributed by atoms with Crippen LogP contribution in [-0.4, -0.2) is 13.4 Å². The predicted octanol–water partition coefficient (Wildman–Crippen LogP) is 2.43. The third-order valence-corrected chi connectivity index (χ3v) is 1.85. The highest BCUT2D eigenvalue weighted by atomic mass is 16.4. The molecule has 0 saturated carbocycles. The summed E-state index contributed by atoms with van der Waals surface area (Å²) in [5.41, 5.74) is 2.29. The fourth-order valence-corrected chi connectivity index (χ4v) is 1.21. The molecule has 1 nitrogen and oxygen atoms in total. The van der Waals surface area contributed by atoms with Crippen LogP contribution in [-0.2, 0) is 10.8 Å². The Balaban J connectivity index is 2.83. The highest BCUT2D eigenvalue weighted by molar-refractivity contribution is 5.77. The first-order valence-electron chi connectivity index (χ1n) is 4.36. The van der Waals surface area contributed by atoms with Crippen molar-refractivity contribution in [3.05, 3.63) is 48.0 Å². The summed E-state index contributed by atoms with van der Waals surface area (Å²) in [4.78, 5) is 0. The fourth-order valence-electron chi connectivity index (χ4n) is 1.21. The second-order valence-corrected chi connectivity index (χ2v) is 2.79. The van der Waals surface area contributed by atoms with Gasteiger partial charge in [0, 0.05) is 0 Å². The lowest BCUT2D eigenvalue weighted by atomic mass is 10.0. The van der Waals surface area contributed by atoms with Crippen molar-refractivity contribution in [2.24, 2.45) is 0 Å². The Bertz CT molecular complexity index is 300. The standard InChI is InChI=1S/C12H14O/c1-3-4-7-11-8-5-6-9-12(11)10-13-2/h3,5-6,8-9H,1,4,7H2,2H3. The highest BCUT2D eigenvalue weighted by Crippen LogP contribution is 2.08. The van der Waals surface area contributed by atoms with E-state index in [4.69, 9.17) is 4.42 Å². The lowest BCUT2D eigenvalue weighted by molar-refractivity contribution is 0.185. The van der Waals surface area contributed by atoms with Crippen molar-refractivity contribution in [1.29, 1.82) is 0 Å². The summed E-state index contributed by atoms with van der Waals surface area (Å²) in [5, 5.41) is 0. The van der Waals surface area contributed by atoms with Gasteiger partial charge in [0.1, 0.15) is 0 Å². The normalized spacial score (nSPS) is 10.5. The van der Waals surface area contributed by atoms with Crippen LogP contribution in [0, 0.1) is 0 Å². The van der Waals surface area contributed by atoms with Gasteiger partial charge in [0.05, 0.1) is 0 Å². The van der Waals surface area contributed by atoms with Gasteiger partial charge in [0.25, 0.3) is 6.29 Å². The van der Waals surface area contributed by atoms with Crippen molar-refractivity contribution in [1.82, 2.24) is 0 Å². The summed E-state index contributed by atoms with van der Waals surface area (Å²) < 4.78 is 4.87. The topological polar surface area (TPSA) is 11.3 Å². The lowest BCUT2D eigenvalue weighted by Gasteiger charge is -2.07. The maximum atomic E-state index is 4.87. The van der Waals surface area contributed by atoms with Crippen molar-refractivity contribution in [2.45, 2.75) is 12.8 Å². The van der Waals surface area contributed by atoms with E-state index >= 15 is 0 Å². The van der Waals surface area contributed by atoms with Crippen LogP contribution in [0.4, 0.5) is 0 Å². The van der Waals surface area contributed by atoms with E-state index in [0.717, 1.165) is 18.4 Å². The zero-order valence-electron chi connectivity index (χ0n) is 7.92. The molecule has 0 aliphatic rings. The van der Waals surface area contributed by atoms with Gasteiger partial charge in [-0.05, 0) is 6.42 Å². The van der Waals surface area contributed by atoms with Crippen molar-refractivity contribution >= 4 is 6.29 Å². The van der Waals surface area contributed by atoms with Gasteiger partial charge >= 0.3 is 0 Å². The summed E-state index contributed by atoms with van der Waals surface area (Å²) in [6.45, 7) is 3.70. The average Bonchev–Trinajstić information content (AvgIpc) is 2.17. The third-order valence-electron chi connectivity index (χ3n) is 1.85. The minimum Gasteiger partial charge on any atom is -0.319 e. The van der Waals surface area contributed by atoms with E-state index in [-0.39, 0.29) is 0 Å². The lowest BCUT2D eigenvalue weighted by Crippen LogP contribution is -1.92. The SMILES string of the molecule is C=CCCc1ccccc1[C-]=[O+]C. The summed E-state index contributed by atoms with van der Waals surface area (Å²) in [5.74, 6) is 0. The maximum Gasteiger partial charge on any atom is 0.290 e. The summed E-state index contributed by atoms with van der Waals surface area (Å²) in [6, 6.07) is 8.10. The van der Waals surface area contributed by atoms with Gasteiger partial charge in [0.15, 0.2) is 0 Å². The monoisotopic (exact) mass is 174 g/mol. The molecule has 0 atom stereocenters. The van der Waals surface area contributed by atoms with Crippen LogP contribution in [0.5, 0.6) is 0 Å². The molecule has 0 N–H and O–H groups in total. The van der Waals surface area contributed by atoms with E-state index in [0.29, 0.717) is 0 Å². The molecule has 68 valence electrons. The Kier molecular flexibility index (Phi) is 3.97. The molecule has 0 unspecified atom stereocenters. The van der Waals surface area contributed by atoms with Crippen LogP contribution in [0.25, 0.3) is 0 Å². The zero-order valence-corrected chi connectivity index (χ0v) is 7.92. The van der Waals surface area contributed by atoms with E-state index in [2.05, 4.69) is 18.9 Å². The van der Waals surface area contributed by atoms with E-state index in [1.54, 1.807) is 7.11 Å². The molecule has 0 aliphatic carbocycles. The van der Waals surface area contributed by atoms with Crippen LogP contribution in [0.15, 0.2) is 36.9 Å². The molecule has 1 aromatic rings. The molecule has 1 rings (SSSR count). The quantitative estimate of drug-likeness (QED) is 0.377. The predicted molar refractivity (Wildman–Crippen MR) is 55.7 cm³/mol. The Labute approximate surface area is 79.4 Å². The van der Waals surface area contributed by atoms with Crippen LogP contribution in [0.2, 0.25) is 0 Å². The Morgan fingerprint density at radius 2 is 2.23 bits per heavy atom. The number of hydrogen-bond acceptors (Lipinski definition) is 0. The molecule has 0 radical (unpaired) electrons. The number of rotatable bonds is 4. The van der Waals surface area contributed by atoms with Gasteiger partial charge in [-0.1, -0.05) is 24.1 Å². The van der Waals surface area contributed by atoms with Gasteiger partial charge in [-0.25, -0.2) is 0 Å².